The predicted octanol–water partition coefficient (Wildman–Crippen LogP) is 5.09. The van der Waals surface area contributed by atoms with E-state index in [4.69, 9.17) is 16.3 Å². The number of anilines is 1. The zero-order valence-corrected chi connectivity index (χ0v) is 20.5. The van der Waals surface area contributed by atoms with Crippen molar-refractivity contribution in [1.29, 1.82) is 0 Å². The molecule has 170 valence electrons. The standard InChI is InChI=1S/C23H25ClN2O4S2/c1-4-15(3)22(27)25-23-26(19-12-32(28,29)13-21(19)31-23)18-11-16(24)8-9-20(18)30-17-7-5-6-14(2)10-17/h5-11,15,19,21H,4,12-13H2,1-3H3/t15-,19-,21+/m0/s1. The third kappa shape index (κ3) is 4.82. The Morgan fingerprint density at radius 1 is 1.28 bits per heavy atom. The molecule has 0 aromatic heterocycles. The molecule has 9 heteroatoms. The van der Waals surface area contributed by atoms with E-state index in [1.165, 1.54) is 11.8 Å². The molecule has 0 aliphatic carbocycles. The third-order valence-corrected chi connectivity index (χ3v) is 9.15. The Kier molecular flexibility index (Phi) is 6.56. The van der Waals surface area contributed by atoms with Gasteiger partial charge >= 0.3 is 0 Å². The third-order valence-electron chi connectivity index (χ3n) is 5.70. The second-order valence-electron chi connectivity index (χ2n) is 8.24. The number of halogens is 1. The maximum Gasteiger partial charge on any atom is 0.250 e. The zero-order chi connectivity index (χ0) is 23.0. The molecule has 0 bridgehead atoms. The van der Waals surface area contributed by atoms with Crippen molar-refractivity contribution in [3.8, 4) is 11.5 Å². The molecule has 2 aliphatic heterocycles. The van der Waals surface area contributed by atoms with Crippen molar-refractivity contribution in [2.24, 2.45) is 10.9 Å². The Morgan fingerprint density at radius 2 is 2.06 bits per heavy atom. The SMILES string of the molecule is CC[C@H](C)C(=O)N=C1S[C@@H]2CS(=O)(=O)C[C@@H]2N1c1cc(Cl)ccc1Oc1cccc(C)c1. The summed E-state index contributed by atoms with van der Waals surface area (Å²) in [6, 6.07) is 12.5. The van der Waals surface area contributed by atoms with Crippen molar-refractivity contribution in [2.45, 2.75) is 38.5 Å². The Bertz CT molecular complexity index is 1180. The number of aryl methyl sites for hydroxylation is 1. The van der Waals surface area contributed by atoms with Gasteiger partial charge in [-0.25, -0.2) is 8.42 Å². The minimum atomic E-state index is -3.18. The maximum absolute atomic E-state index is 12.6. The van der Waals surface area contributed by atoms with E-state index in [2.05, 4.69) is 4.99 Å². The number of thioether (sulfide) groups is 1. The lowest BCUT2D eigenvalue weighted by Crippen LogP contribution is -2.38. The maximum atomic E-state index is 12.6. The normalized spacial score (nSPS) is 23.9. The van der Waals surface area contributed by atoms with Crippen LogP contribution in [0.4, 0.5) is 5.69 Å². The number of fused-ring (bicyclic) bond motifs is 1. The van der Waals surface area contributed by atoms with E-state index < -0.39 is 9.84 Å². The Labute approximate surface area is 197 Å². The second-order valence-corrected chi connectivity index (χ2v) is 12.0. The van der Waals surface area contributed by atoms with E-state index in [1.54, 1.807) is 18.2 Å². The molecule has 0 radical (unpaired) electrons. The van der Waals surface area contributed by atoms with Crippen LogP contribution in [0.1, 0.15) is 25.8 Å². The number of ether oxygens (including phenoxy) is 1. The van der Waals surface area contributed by atoms with Gasteiger partial charge in [0.25, 0.3) is 5.91 Å². The van der Waals surface area contributed by atoms with Crippen molar-refractivity contribution >= 4 is 50.0 Å². The summed E-state index contributed by atoms with van der Waals surface area (Å²) in [7, 11) is -3.18. The van der Waals surface area contributed by atoms with Crippen molar-refractivity contribution in [3.05, 3.63) is 53.1 Å². The number of carbonyl (C=O) groups excluding carboxylic acids is 1. The van der Waals surface area contributed by atoms with E-state index in [0.29, 0.717) is 33.8 Å². The van der Waals surface area contributed by atoms with Crippen molar-refractivity contribution < 1.29 is 17.9 Å². The minimum absolute atomic E-state index is 0.00237. The van der Waals surface area contributed by atoms with Gasteiger partial charge in [-0.2, -0.15) is 4.99 Å². The number of benzene rings is 2. The Balaban J connectivity index is 1.79. The zero-order valence-electron chi connectivity index (χ0n) is 18.1. The summed E-state index contributed by atoms with van der Waals surface area (Å²) in [4.78, 5) is 18.9. The first kappa shape index (κ1) is 23.1. The molecule has 1 amide bonds. The topological polar surface area (TPSA) is 76.0 Å². The molecule has 2 aromatic carbocycles. The molecule has 2 aromatic rings. The van der Waals surface area contributed by atoms with Crippen LogP contribution in [-0.2, 0) is 14.6 Å². The van der Waals surface area contributed by atoms with Gasteiger partial charge in [-0.3, -0.25) is 4.79 Å². The lowest BCUT2D eigenvalue weighted by atomic mass is 10.1. The molecular formula is C23H25ClN2O4S2. The number of amidine groups is 1. The highest BCUT2D eigenvalue weighted by atomic mass is 35.5. The molecule has 0 saturated carbocycles. The Hall–Kier alpha value is -2.03. The van der Waals surface area contributed by atoms with Gasteiger partial charge in [-0.05, 0) is 49.2 Å². The summed E-state index contributed by atoms with van der Waals surface area (Å²) >= 11 is 7.68. The summed E-state index contributed by atoms with van der Waals surface area (Å²) in [5.74, 6) is 0.809. The number of rotatable bonds is 5. The highest BCUT2D eigenvalue weighted by Crippen LogP contribution is 2.45. The van der Waals surface area contributed by atoms with Crippen LogP contribution in [0.5, 0.6) is 11.5 Å². The average Bonchev–Trinajstić information content (AvgIpc) is 3.19. The van der Waals surface area contributed by atoms with Gasteiger partial charge in [0, 0.05) is 16.2 Å². The molecule has 4 rings (SSSR count). The lowest BCUT2D eigenvalue weighted by Gasteiger charge is -2.27. The fourth-order valence-electron chi connectivity index (χ4n) is 3.80. The molecule has 2 fully saturated rings. The van der Waals surface area contributed by atoms with Crippen LogP contribution in [0.3, 0.4) is 0 Å². The molecule has 0 spiro atoms. The quantitative estimate of drug-likeness (QED) is 0.578. The minimum Gasteiger partial charge on any atom is -0.455 e. The molecule has 3 atom stereocenters. The van der Waals surface area contributed by atoms with Gasteiger partial charge in [-0.1, -0.05) is 49.3 Å². The van der Waals surface area contributed by atoms with Crippen LogP contribution in [0.25, 0.3) is 0 Å². The number of aliphatic imine (C=N–C) groups is 1. The van der Waals surface area contributed by atoms with Gasteiger partial charge < -0.3 is 9.64 Å². The number of nitrogens with zero attached hydrogens (tertiary/aromatic N) is 2. The molecular weight excluding hydrogens is 468 g/mol. The largest absolute Gasteiger partial charge is 0.455 e. The van der Waals surface area contributed by atoms with Crippen LogP contribution in [0.2, 0.25) is 5.02 Å². The number of sulfone groups is 1. The smallest absolute Gasteiger partial charge is 0.250 e. The molecule has 0 unspecified atom stereocenters. The van der Waals surface area contributed by atoms with Gasteiger partial charge in [0.15, 0.2) is 20.8 Å². The van der Waals surface area contributed by atoms with Crippen molar-refractivity contribution in [1.82, 2.24) is 0 Å². The Morgan fingerprint density at radius 3 is 2.78 bits per heavy atom. The molecule has 32 heavy (non-hydrogen) atoms. The summed E-state index contributed by atoms with van der Waals surface area (Å²) < 4.78 is 30.9. The van der Waals surface area contributed by atoms with Crippen molar-refractivity contribution in [3.63, 3.8) is 0 Å². The number of carbonyl (C=O) groups is 1. The molecule has 0 N–H and O–H groups in total. The molecule has 6 nitrogen and oxygen atoms in total. The van der Waals surface area contributed by atoms with Crippen LogP contribution in [0.15, 0.2) is 47.5 Å². The first-order valence-corrected chi connectivity index (χ1v) is 13.6. The van der Waals surface area contributed by atoms with E-state index in [0.717, 1.165) is 5.56 Å². The summed E-state index contributed by atoms with van der Waals surface area (Å²) in [6.07, 6.45) is 0.681. The highest BCUT2D eigenvalue weighted by molar-refractivity contribution is 8.16. The second kappa shape index (κ2) is 9.08. The van der Waals surface area contributed by atoms with Gasteiger partial charge in [0.2, 0.25) is 0 Å². The van der Waals surface area contributed by atoms with Crippen LogP contribution in [0, 0.1) is 12.8 Å². The molecule has 2 heterocycles. The van der Waals surface area contributed by atoms with E-state index in [9.17, 15) is 13.2 Å². The van der Waals surface area contributed by atoms with Gasteiger partial charge in [0.05, 0.1) is 23.2 Å². The lowest BCUT2D eigenvalue weighted by molar-refractivity contribution is -0.121. The van der Waals surface area contributed by atoms with Crippen molar-refractivity contribution in [2.75, 3.05) is 16.4 Å². The highest BCUT2D eigenvalue weighted by Gasteiger charge is 2.50. The van der Waals surface area contributed by atoms with Crippen LogP contribution < -0.4 is 9.64 Å². The summed E-state index contributed by atoms with van der Waals surface area (Å²) in [6.45, 7) is 5.76. The van der Waals surface area contributed by atoms with Gasteiger partial charge in [-0.15, -0.1) is 0 Å². The number of hydrogen-bond donors (Lipinski definition) is 0. The van der Waals surface area contributed by atoms with E-state index >= 15 is 0 Å². The van der Waals surface area contributed by atoms with Crippen LogP contribution in [-0.4, -0.2) is 42.3 Å². The van der Waals surface area contributed by atoms with Crippen LogP contribution >= 0.6 is 23.4 Å². The summed E-state index contributed by atoms with van der Waals surface area (Å²) in [5, 5.41) is 0.782. The fourth-order valence-corrected chi connectivity index (χ4v) is 7.87. The average molecular weight is 493 g/mol. The first-order valence-electron chi connectivity index (χ1n) is 10.5. The van der Waals surface area contributed by atoms with E-state index in [-0.39, 0.29) is 34.6 Å². The summed E-state index contributed by atoms with van der Waals surface area (Å²) in [5.41, 5.74) is 1.66. The predicted molar refractivity (Wildman–Crippen MR) is 131 cm³/mol. The first-order chi connectivity index (χ1) is 15.2. The van der Waals surface area contributed by atoms with Gasteiger partial charge in [0.1, 0.15) is 5.75 Å². The van der Waals surface area contributed by atoms with E-state index in [1.807, 2.05) is 49.9 Å². The fraction of sp³-hybridized carbons (Fsp3) is 0.391. The number of amides is 1. The number of hydrogen-bond acceptors (Lipinski definition) is 5. The molecule has 2 saturated heterocycles. The molecule has 2 aliphatic rings. The monoisotopic (exact) mass is 492 g/mol.